The van der Waals surface area contributed by atoms with Gasteiger partial charge in [-0.2, -0.15) is 0 Å². The van der Waals surface area contributed by atoms with E-state index in [0.29, 0.717) is 18.7 Å². The van der Waals surface area contributed by atoms with E-state index >= 15 is 0 Å². The number of fused-ring (bicyclic) bond motifs is 1. The predicted octanol–water partition coefficient (Wildman–Crippen LogP) is 5.80. The second-order valence-electron chi connectivity index (χ2n) is 8.62. The fourth-order valence-electron chi connectivity index (χ4n) is 4.14. The summed E-state index contributed by atoms with van der Waals surface area (Å²) in [4.78, 5) is 17.0. The molecule has 4 rings (SSSR count). The molecule has 0 unspecified atom stereocenters. The van der Waals surface area contributed by atoms with E-state index < -0.39 is 0 Å². The molecule has 0 atom stereocenters. The Morgan fingerprint density at radius 1 is 0.917 bits per heavy atom. The van der Waals surface area contributed by atoms with Gasteiger partial charge in [0.25, 0.3) is 5.91 Å². The summed E-state index contributed by atoms with van der Waals surface area (Å²) in [5.41, 5.74) is 2.62. The van der Waals surface area contributed by atoms with Crippen molar-refractivity contribution >= 4 is 16.9 Å². The number of halogens is 1. The molecular formula is C29H32FN3O3. The fourth-order valence-corrected chi connectivity index (χ4v) is 4.14. The molecule has 0 fully saturated rings. The standard InChI is InChI=1S/C29H32FN3O3/c1-35-24-15-17-25(18-16-24)36-21-7-20-33-27-9-5-4-8-26(27)32-28(33)10-3-2-6-19-31-29(34)22-11-13-23(30)14-12-22/h4-5,8-9,11-18H,2-3,6-7,10,19-21H2,1H3,(H,31,34). The Morgan fingerprint density at radius 2 is 1.67 bits per heavy atom. The number of nitrogens with one attached hydrogen (secondary N) is 1. The monoisotopic (exact) mass is 489 g/mol. The maximum Gasteiger partial charge on any atom is 0.251 e. The maximum atomic E-state index is 13.0. The topological polar surface area (TPSA) is 65.4 Å². The third-order valence-electron chi connectivity index (χ3n) is 6.06. The lowest BCUT2D eigenvalue weighted by Gasteiger charge is -2.11. The van der Waals surface area contributed by atoms with Gasteiger partial charge in [0.2, 0.25) is 0 Å². The average Bonchev–Trinajstić information content (AvgIpc) is 3.26. The van der Waals surface area contributed by atoms with E-state index in [-0.39, 0.29) is 11.7 Å². The van der Waals surface area contributed by atoms with Gasteiger partial charge in [0, 0.05) is 25.1 Å². The molecule has 0 bridgehead atoms. The number of carbonyl (C=O) groups is 1. The number of hydrogen-bond donors (Lipinski definition) is 1. The van der Waals surface area contributed by atoms with Gasteiger partial charge in [-0.1, -0.05) is 18.6 Å². The lowest BCUT2D eigenvalue weighted by Crippen LogP contribution is -2.24. The second kappa shape index (κ2) is 12.7. The van der Waals surface area contributed by atoms with E-state index in [1.54, 1.807) is 7.11 Å². The van der Waals surface area contributed by atoms with Gasteiger partial charge in [-0.3, -0.25) is 4.79 Å². The zero-order chi connectivity index (χ0) is 25.2. The molecular weight excluding hydrogens is 457 g/mol. The number of methoxy groups -OCH3 is 1. The van der Waals surface area contributed by atoms with Gasteiger partial charge in [-0.05, 0) is 79.9 Å². The Kier molecular flexibility index (Phi) is 8.92. The zero-order valence-electron chi connectivity index (χ0n) is 20.6. The lowest BCUT2D eigenvalue weighted by atomic mass is 10.1. The van der Waals surface area contributed by atoms with Crippen molar-refractivity contribution in [2.45, 2.75) is 38.6 Å². The van der Waals surface area contributed by atoms with Gasteiger partial charge < -0.3 is 19.4 Å². The van der Waals surface area contributed by atoms with Gasteiger partial charge in [0.1, 0.15) is 23.1 Å². The molecule has 0 spiro atoms. The Hall–Kier alpha value is -3.87. The Labute approximate surface area is 211 Å². The molecule has 4 aromatic rings. The number of para-hydroxylation sites is 2. The number of benzene rings is 3. The molecule has 36 heavy (non-hydrogen) atoms. The number of rotatable bonds is 13. The van der Waals surface area contributed by atoms with Gasteiger partial charge in [-0.25, -0.2) is 9.37 Å². The molecule has 0 saturated carbocycles. The lowest BCUT2D eigenvalue weighted by molar-refractivity contribution is 0.0953. The van der Waals surface area contributed by atoms with Crippen molar-refractivity contribution in [2.24, 2.45) is 0 Å². The summed E-state index contributed by atoms with van der Waals surface area (Å²) in [7, 11) is 1.65. The van der Waals surface area contributed by atoms with Crippen LogP contribution in [-0.4, -0.2) is 35.7 Å². The van der Waals surface area contributed by atoms with E-state index in [1.807, 2.05) is 42.5 Å². The van der Waals surface area contributed by atoms with E-state index in [0.717, 1.165) is 67.0 Å². The molecule has 3 aromatic carbocycles. The van der Waals surface area contributed by atoms with Crippen molar-refractivity contribution in [3.63, 3.8) is 0 Å². The molecule has 188 valence electrons. The molecule has 0 aliphatic carbocycles. The molecule has 6 nitrogen and oxygen atoms in total. The molecule has 1 N–H and O–H groups in total. The van der Waals surface area contributed by atoms with Crippen molar-refractivity contribution in [3.05, 3.63) is 90.0 Å². The van der Waals surface area contributed by atoms with Crippen LogP contribution in [-0.2, 0) is 13.0 Å². The number of nitrogens with zero attached hydrogens (tertiary/aromatic N) is 2. The van der Waals surface area contributed by atoms with Crippen LogP contribution in [0.15, 0.2) is 72.8 Å². The highest BCUT2D eigenvalue weighted by Gasteiger charge is 2.10. The fraction of sp³-hybridized carbons (Fsp3) is 0.310. The maximum absolute atomic E-state index is 13.0. The number of aryl methyl sites for hydroxylation is 2. The minimum Gasteiger partial charge on any atom is -0.497 e. The minimum atomic E-state index is -0.345. The van der Waals surface area contributed by atoms with E-state index in [9.17, 15) is 9.18 Å². The Bertz CT molecular complexity index is 1250. The van der Waals surface area contributed by atoms with Gasteiger partial charge >= 0.3 is 0 Å². The Balaban J connectivity index is 1.23. The van der Waals surface area contributed by atoms with Gasteiger partial charge in [0.15, 0.2) is 0 Å². The number of aromatic nitrogens is 2. The quantitative estimate of drug-likeness (QED) is 0.241. The predicted molar refractivity (Wildman–Crippen MR) is 139 cm³/mol. The summed E-state index contributed by atoms with van der Waals surface area (Å²) in [5, 5.41) is 2.90. The molecule has 0 saturated heterocycles. The molecule has 1 amide bonds. The summed E-state index contributed by atoms with van der Waals surface area (Å²) in [6.07, 6.45) is 4.59. The average molecular weight is 490 g/mol. The van der Waals surface area contributed by atoms with Gasteiger partial charge in [-0.15, -0.1) is 0 Å². The molecule has 1 aromatic heterocycles. The first-order valence-electron chi connectivity index (χ1n) is 12.4. The first kappa shape index (κ1) is 25.2. The van der Waals surface area contributed by atoms with Crippen LogP contribution in [0.2, 0.25) is 0 Å². The summed E-state index contributed by atoms with van der Waals surface area (Å²) in [6, 6.07) is 21.4. The third kappa shape index (κ3) is 6.84. The molecule has 0 radical (unpaired) electrons. The summed E-state index contributed by atoms with van der Waals surface area (Å²) in [5.74, 6) is 2.21. The summed E-state index contributed by atoms with van der Waals surface area (Å²) < 4.78 is 26.4. The number of ether oxygens (including phenoxy) is 2. The molecule has 0 aliphatic heterocycles. The van der Waals surface area contributed by atoms with Crippen LogP contribution in [0, 0.1) is 5.82 Å². The normalized spacial score (nSPS) is 10.9. The first-order valence-corrected chi connectivity index (χ1v) is 12.4. The van der Waals surface area contributed by atoms with Crippen LogP contribution in [0.5, 0.6) is 11.5 Å². The van der Waals surface area contributed by atoms with Crippen molar-refractivity contribution in [1.82, 2.24) is 14.9 Å². The summed E-state index contributed by atoms with van der Waals surface area (Å²) >= 11 is 0. The van der Waals surface area contributed by atoms with Crippen molar-refractivity contribution in [2.75, 3.05) is 20.3 Å². The SMILES string of the molecule is COc1ccc(OCCCn2c(CCCCCNC(=O)c3ccc(F)cc3)nc3ccccc32)cc1. The highest BCUT2D eigenvalue weighted by Crippen LogP contribution is 2.20. The third-order valence-corrected chi connectivity index (χ3v) is 6.06. The van der Waals surface area contributed by atoms with Crippen LogP contribution < -0.4 is 14.8 Å². The molecule has 1 heterocycles. The zero-order valence-corrected chi connectivity index (χ0v) is 20.6. The molecule has 0 aliphatic rings. The first-order chi connectivity index (χ1) is 17.6. The minimum absolute atomic E-state index is 0.173. The smallest absolute Gasteiger partial charge is 0.251 e. The largest absolute Gasteiger partial charge is 0.497 e. The van der Waals surface area contributed by atoms with Crippen molar-refractivity contribution in [1.29, 1.82) is 0 Å². The van der Waals surface area contributed by atoms with Crippen LogP contribution in [0.4, 0.5) is 4.39 Å². The van der Waals surface area contributed by atoms with Crippen LogP contribution in [0.25, 0.3) is 11.0 Å². The van der Waals surface area contributed by atoms with E-state index in [4.69, 9.17) is 14.5 Å². The highest BCUT2D eigenvalue weighted by molar-refractivity contribution is 5.94. The summed E-state index contributed by atoms with van der Waals surface area (Å²) in [6.45, 7) is 2.04. The van der Waals surface area contributed by atoms with Crippen LogP contribution >= 0.6 is 0 Å². The van der Waals surface area contributed by atoms with Gasteiger partial charge in [0.05, 0.1) is 24.8 Å². The Morgan fingerprint density at radius 3 is 2.44 bits per heavy atom. The van der Waals surface area contributed by atoms with Crippen LogP contribution in [0.3, 0.4) is 0 Å². The van der Waals surface area contributed by atoms with Crippen molar-refractivity contribution < 1.29 is 18.7 Å². The number of hydrogen-bond acceptors (Lipinski definition) is 4. The van der Waals surface area contributed by atoms with E-state index in [1.165, 1.54) is 24.3 Å². The number of imidazole rings is 1. The number of amides is 1. The number of unbranched alkanes of at least 4 members (excludes halogenated alkanes) is 2. The second-order valence-corrected chi connectivity index (χ2v) is 8.62. The van der Waals surface area contributed by atoms with Crippen molar-refractivity contribution in [3.8, 4) is 11.5 Å². The number of carbonyl (C=O) groups excluding carboxylic acids is 1. The highest BCUT2D eigenvalue weighted by atomic mass is 19.1. The molecule has 7 heteroatoms. The van der Waals surface area contributed by atoms with Crippen LogP contribution in [0.1, 0.15) is 41.9 Å². The van der Waals surface area contributed by atoms with E-state index in [2.05, 4.69) is 16.0 Å².